The molecule has 0 radical (unpaired) electrons. The Morgan fingerprint density at radius 1 is 1.38 bits per heavy atom. The monoisotopic (exact) mass is 250 g/mol. The molecule has 0 spiro atoms. The van der Waals surface area contributed by atoms with E-state index in [0.29, 0.717) is 0 Å². The van der Waals surface area contributed by atoms with E-state index < -0.39 is 0 Å². The van der Waals surface area contributed by atoms with Crippen LogP contribution < -0.4 is 4.74 Å². The van der Waals surface area contributed by atoms with Gasteiger partial charge in [-0.1, -0.05) is 0 Å². The summed E-state index contributed by atoms with van der Waals surface area (Å²) < 4.78 is 5.16. The molecule has 0 fully saturated rings. The molecule has 0 unspecified atom stereocenters. The lowest BCUT2D eigenvalue weighted by molar-refractivity contribution is 0.104. The highest BCUT2D eigenvalue weighted by Crippen LogP contribution is 2.25. The molecule has 4 heteroatoms. The number of carbonyl (C=O) groups excluding carboxylic acids is 1. The molecule has 0 aliphatic carbocycles. The molecule has 0 N–H and O–H groups in total. The lowest BCUT2D eigenvalue weighted by Gasteiger charge is -1.95. The van der Waals surface area contributed by atoms with Crippen molar-refractivity contribution in [1.29, 1.82) is 0 Å². The summed E-state index contributed by atoms with van der Waals surface area (Å²) in [5.41, 5.74) is 0.733. The van der Waals surface area contributed by atoms with Gasteiger partial charge in [0, 0.05) is 10.9 Å². The largest absolute Gasteiger partial charge is 0.495 e. The number of methoxy groups -OCH3 is 1. The molecule has 0 aliphatic heterocycles. The number of carbonyl (C=O) groups is 1. The van der Waals surface area contributed by atoms with Crippen LogP contribution in [0, 0.1) is 0 Å². The van der Waals surface area contributed by atoms with Gasteiger partial charge >= 0.3 is 0 Å². The zero-order valence-corrected chi connectivity index (χ0v) is 10.3. The van der Waals surface area contributed by atoms with Gasteiger partial charge in [0.25, 0.3) is 0 Å². The molecular formula is C12H10O2S2. The van der Waals surface area contributed by atoms with E-state index in [1.54, 1.807) is 30.6 Å². The third kappa shape index (κ3) is 2.40. The fraction of sp³-hybridized carbons (Fsp3) is 0.0833. The van der Waals surface area contributed by atoms with Gasteiger partial charge in [0.2, 0.25) is 0 Å². The lowest BCUT2D eigenvalue weighted by atomic mass is 10.2. The summed E-state index contributed by atoms with van der Waals surface area (Å²) in [6.07, 6.45) is 3.37. The maximum absolute atomic E-state index is 11.7. The van der Waals surface area contributed by atoms with Crippen molar-refractivity contribution in [2.75, 3.05) is 7.11 Å². The van der Waals surface area contributed by atoms with E-state index in [2.05, 4.69) is 0 Å². The topological polar surface area (TPSA) is 26.3 Å². The SMILES string of the molecule is COc1ccsc1/C=C/C(=O)c1ccsc1. The average Bonchev–Trinajstić information content (AvgIpc) is 2.96. The molecule has 2 nitrogen and oxygen atoms in total. The summed E-state index contributed by atoms with van der Waals surface area (Å²) in [4.78, 5) is 12.6. The highest BCUT2D eigenvalue weighted by molar-refractivity contribution is 7.11. The van der Waals surface area contributed by atoms with E-state index in [-0.39, 0.29) is 5.78 Å². The van der Waals surface area contributed by atoms with Gasteiger partial charge in [0.05, 0.1) is 12.0 Å². The van der Waals surface area contributed by atoms with Gasteiger partial charge in [-0.05, 0) is 35.0 Å². The van der Waals surface area contributed by atoms with Crippen molar-refractivity contribution in [2.24, 2.45) is 0 Å². The van der Waals surface area contributed by atoms with Crippen molar-refractivity contribution < 1.29 is 9.53 Å². The van der Waals surface area contributed by atoms with E-state index in [1.807, 2.05) is 28.3 Å². The van der Waals surface area contributed by atoms with Gasteiger partial charge < -0.3 is 4.74 Å². The first-order chi connectivity index (χ1) is 7.81. The molecule has 2 aromatic rings. The fourth-order valence-electron chi connectivity index (χ4n) is 1.25. The molecule has 0 saturated carbocycles. The Balaban J connectivity index is 2.13. The van der Waals surface area contributed by atoms with Crippen molar-refractivity contribution in [3.63, 3.8) is 0 Å². The van der Waals surface area contributed by atoms with Crippen molar-refractivity contribution in [1.82, 2.24) is 0 Å². The van der Waals surface area contributed by atoms with Crippen LogP contribution in [0.2, 0.25) is 0 Å². The summed E-state index contributed by atoms with van der Waals surface area (Å²) in [7, 11) is 1.63. The second-order valence-electron chi connectivity index (χ2n) is 3.06. The molecule has 0 saturated heterocycles. The second kappa shape index (κ2) is 5.09. The van der Waals surface area contributed by atoms with Crippen LogP contribution in [0.4, 0.5) is 0 Å². The summed E-state index contributed by atoms with van der Waals surface area (Å²) in [6, 6.07) is 3.71. The van der Waals surface area contributed by atoms with Crippen LogP contribution in [0.3, 0.4) is 0 Å². The van der Waals surface area contributed by atoms with E-state index in [0.717, 1.165) is 16.2 Å². The Labute approximate surface area is 102 Å². The van der Waals surface area contributed by atoms with Crippen LogP contribution in [-0.4, -0.2) is 12.9 Å². The van der Waals surface area contributed by atoms with Crippen LogP contribution in [0.1, 0.15) is 15.2 Å². The second-order valence-corrected chi connectivity index (χ2v) is 4.79. The minimum Gasteiger partial charge on any atom is -0.495 e. The van der Waals surface area contributed by atoms with E-state index in [4.69, 9.17) is 4.74 Å². The highest BCUT2D eigenvalue weighted by Gasteiger charge is 2.03. The smallest absolute Gasteiger partial charge is 0.186 e. The molecule has 0 amide bonds. The van der Waals surface area contributed by atoms with Gasteiger partial charge in [-0.25, -0.2) is 0 Å². The molecule has 0 atom stereocenters. The molecular weight excluding hydrogens is 240 g/mol. The van der Waals surface area contributed by atoms with Gasteiger partial charge in [-0.3, -0.25) is 4.79 Å². The minimum atomic E-state index is 0.0247. The quantitative estimate of drug-likeness (QED) is 0.610. The van der Waals surface area contributed by atoms with Gasteiger partial charge in [-0.15, -0.1) is 11.3 Å². The number of ketones is 1. The van der Waals surface area contributed by atoms with Gasteiger partial charge in [0.1, 0.15) is 5.75 Å². The van der Waals surface area contributed by atoms with Crippen LogP contribution in [0.25, 0.3) is 6.08 Å². The standard InChI is InChI=1S/C12H10O2S2/c1-14-11-5-7-16-12(11)3-2-10(13)9-4-6-15-8-9/h2-8H,1H3/b3-2+. The van der Waals surface area contributed by atoms with Crippen LogP contribution in [0.15, 0.2) is 34.3 Å². The number of rotatable bonds is 4. The van der Waals surface area contributed by atoms with E-state index in [1.165, 1.54) is 11.3 Å². The zero-order chi connectivity index (χ0) is 11.4. The zero-order valence-electron chi connectivity index (χ0n) is 8.67. The third-order valence-corrected chi connectivity index (χ3v) is 3.62. The van der Waals surface area contributed by atoms with E-state index >= 15 is 0 Å². The van der Waals surface area contributed by atoms with Crippen molar-refractivity contribution >= 4 is 34.5 Å². The Morgan fingerprint density at radius 2 is 2.25 bits per heavy atom. The maximum atomic E-state index is 11.7. The Hall–Kier alpha value is -1.39. The molecule has 0 aromatic carbocycles. The lowest BCUT2D eigenvalue weighted by Crippen LogP contribution is -1.90. The third-order valence-electron chi connectivity index (χ3n) is 2.07. The Kier molecular flexibility index (Phi) is 3.54. The first-order valence-electron chi connectivity index (χ1n) is 4.67. The number of allylic oxidation sites excluding steroid dienone is 1. The van der Waals surface area contributed by atoms with Crippen LogP contribution in [-0.2, 0) is 0 Å². The molecule has 82 valence electrons. The van der Waals surface area contributed by atoms with Crippen molar-refractivity contribution in [3.05, 3.63) is 44.8 Å². The van der Waals surface area contributed by atoms with Crippen molar-refractivity contribution in [2.45, 2.75) is 0 Å². The molecule has 16 heavy (non-hydrogen) atoms. The maximum Gasteiger partial charge on any atom is 0.186 e. The highest BCUT2D eigenvalue weighted by atomic mass is 32.1. The summed E-state index contributed by atoms with van der Waals surface area (Å²) in [6.45, 7) is 0. The Bertz CT molecular complexity index is 495. The molecule has 0 bridgehead atoms. The van der Waals surface area contributed by atoms with Crippen LogP contribution >= 0.6 is 22.7 Å². The first kappa shape index (κ1) is 11.1. The van der Waals surface area contributed by atoms with Gasteiger partial charge in [0.15, 0.2) is 5.78 Å². The Morgan fingerprint density at radius 3 is 2.94 bits per heavy atom. The minimum absolute atomic E-state index is 0.0247. The predicted octanol–water partition coefficient (Wildman–Crippen LogP) is 3.71. The summed E-state index contributed by atoms with van der Waals surface area (Å²) >= 11 is 3.07. The summed E-state index contributed by atoms with van der Waals surface area (Å²) in [5, 5.41) is 5.68. The average molecular weight is 250 g/mol. The van der Waals surface area contributed by atoms with E-state index in [9.17, 15) is 4.79 Å². The van der Waals surface area contributed by atoms with Crippen molar-refractivity contribution in [3.8, 4) is 5.75 Å². The molecule has 2 rings (SSSR count). The molecule has 0 aliphatic rings. The fourth-order valence-corrected chi connectivity index (χ4v) is 2.65. The number of hydrogen-bond donors (Lipinski definition) is 0. The molecule has 2 aromatic heterocycles. The summed E-state index contributed by atoms with van der Waals surface area (Å²) in [5.74, 6) is 0.830. The van der Waals surface area contributed by atoms with Crippen LogP contribution in [0.5, 0.6) is 5.75 Å². The van der Waals surface area contributed by atoms with Gasteiger partial charge in [-0.2, -0.15) is 11.3 Å². The number of hydrogen-bond acceptors (Lipinski definition) is 4. The first-order valence-corrected chi connectivity index (χ1v) is 6.49. The number of ether oxygens (including phenoxy) is 1. The normalized spacial score (nSPS) is 10.8. The molecule has 2 heterocycles. The predicted molar refractivity (Wildman–Crippen MR) is 68.6 cm³/mol. The number of thiophene rings is 2.